The van der Waals surface area contributed by atoms with Crippen molar-refractivity contribution in [1.29, 1.82) is 0 Å². The molecule has 0 radical (unpaired) electrons. The highest BCUT2D eigenvalue weighted by atomic mass is 32.1. The van der Waals surface area contributed by atoms with Gasteiger partial charge >= 0.3 is 11.9 Å². The van der Waals surface area contributed by atoms with Crippen LogP contribution < -0.4 is 4.74 Å². The van der Waals surface area contributed by atoms with Gasteiger partial charge in [-0.3, -0.25) is 4.79 Å². The molecule has 8 heteroatoms. The predicted molar refractivity (Wildman–Crippen MR) is 163 cm³/mol. The minimum absolute atomic E-state index is 0.159. The fourth-order valence-electron chi connectivity index (χ4n) is 4.86. The summed E-state index contributed by atoms with van der Waals surface area (Å²) in [6, 6.07) is 13.5. The lowest BCUT2D eigenvalue weighted by atomic mass is 10.0. The van der Waals surface area contributed by atoms with E-state index in [-0.39, 0.29) is 30.6 Å². The average Bonchev–Trinajstić information content (AvgIpc) is 3.56. The van der Waals surface area contributed by atoms with Gasteiger partial charge in [0.15, 0.2) is 5.75 Å². The molecule has 4 nitrogen and oxygen atoms in total. The molecule has 5 aromatic rings. The number of halogens is 2. The molecular weight excluding hydrogens is 562 g/mol. The molecule has 0 bridgehead atoms. The van der Waals surface area contributed by atoms with Gasteiger partial charge in [0, 0.05) is 37.7 Å². The van der Waals surface area contributed by atoms with E-state index < -0.39 is 5.97 Å². The van der Waals surface area contributed by atoms with Crippen LogP contribution in [0.1, 0.15) is 36.0 Å². The Labute approximate surface area is 244 Å². The summed E-state index contributed by atoms with van der Waals surface area (Å²) in [6.07, 6.45) is 2.28. The van der Waals surface area contributed by atoms with Crippen LogP contribution in [0.5, 0.6) is 5.75 Å². The molecule has 0 unspecified atom stereocenters. The Kier molecular flexibility index (Phi) is 8.33. The lowest BCUT2D eigenvalue weighted by Crippen LogP contribution is -2.09. The Morgan fingerprint density at radius 2 is 1.41 bits per heavy atom. The maximum absolute atomic E-state index is 13.8. The van der Waals surface area contributed by atoms with Crippen LogP contribution in [0.2, 0.25) is 0 Å². The summed E-state index contributed by atoms with van der Waals surface area (Å²) in [6.45, 7) is 9.37. The third-order valence-corrected chi connectivity index (χ3v) is 9.42. The molecule has 0 atom stereocenters. The third-order valence-electron chi connectivity index (χ3n) is 6.97. The highest BCUT2D eigenvalue weighted by Crippen LogP contribution is 2.49. The lowest BCUT2D eigenvalue weighted by molar-refractivity contribution is -0.137. The molecule has 2 aromatic heterocycles. The second-order valence-corrected chi connectivity index (χ2v) is 12.0. The normalized spacial score (nSPS) is 11.2. The van der Waals surface area contributed by atoms with Gasteiger partial charge in [0.05, 0.1) is 11.3 Å². The number of esters is 2. The number of fused-ring (bicyclic) bond motifs is 2. The van der Waals surface area contributed by atoms with Crippen molar-refractivity contribution in [3.63, 3.8) is 0 Å². The number of rotatable bonds is 9. The molecule has 0 aliphatic heterocycles. The summed E-state index contributed by atoms with van der Waals surface area (Å²) in [5, 5.41) is 1.78. The fourth-order valence-corrected chi connectivity index (χ4v) is 7.43. The van der Waals surface area contributed by atoms with Gasteiger partial charge in [0.1, 0.15) is 11.6 Å². The maximum Gasteiger partial charge on any atom is 0.330 e. The van der Waals surface area contributed by atoms with Crippen LogP contribution >= 0.6 is 22.7 Å². The van der Waals surface area contributed by atoms with Gasteiger partial charge < -0.3 is 9.47 Å². The molecule has 3 aromatic carbocycles. The summed E-state index contributed by atoms with van der Waals surface area (Å²) >= 11 is 3.08. The fraction of sp³-hybridized carbons (Fsp3) is 0.212. The Morgan fingerprint density at radius 3 is 2.00 bits per heavy atom. The van der Waals surface area contributed by atoms with Gasteiger partial charge in [-0.1, -0.05) is 18.7 Å². The molecule has 0 fully saturated rings. The minimum Gasteiger partial charge on any atom is -0.463 e. The van der Waals surface area contributed by atoms with E-state index in [2.05, 4.69) is 12.6 Å². The largest absolute Gasteiger partial charge is 0.463 e. The highest BCUT2D eigenvalue weighted by Gasteiger charge is 2.22. The Bertz CT molecular complexity index is 1710. The molecule has 41 heavy (non-hydrogen) atoms. The van der Waals surface area contributed by atoms with Crippen LogP contribution in [-0.4, -0.2) is 18.5 Å². The van der Waals surface area contributed by atoms with Gasteiger partial charge in [-0.05, 0) is 97.8 Å². The molecule has 0 saturated heterocycles. The Morgan fingerprint density at radius 1 is 0.829 bits per heavy atom. The summed E-state index contributed by atoms with van der Waals surface area (Å²) in [5.74, 6) is -0.971. The zero-order valence-electron chi connectivity index (χ0n) is 22.9. The molecule has 0 aliphatic carbocycles. The molecule has 0 saturated carbocycles. The molecular formula is C33H28F2O4S2. The van der Waals surface area contributed by atoms with E-state index in [0.29, 0.717) is 18.6 Å². The van der Waals surface area contributed by atoms with E-state index in [1.54, 1.807) is 23.5 Å². The summed E-state index contributed by atoms with van der Waals surface area (Å²) in [7, 11) is 0. The van der Waals surface area contributed by atoms with Crippen LogP contribution in [0, 0.1) is 32.4 Å². The number of unbranched alkanes of at least 4 members (excludes halogenated alkanes) is 1. The van der Waals surface area contributed by atoms with E-state index >= 15 is 0 Å². The van der Waals surface area contributed by atoms with Crippen molar-refractivity contribution >= 4 is 54.8 Å². The van der Waals surface area contributed by atoms with Gasteiger partial charge in [0.25, 0.3) is 0 Å². The van der Waals surface area contributed by atoms with Gasteiger partial charge in [-0.15, -0.1) is 22.7 Å². The van der Waals surface area contributed by atoms with Crippen molar-refractivity contribution in [3.05, 3.63) is 89.5 Å². The molecule has 0 amide bonds. The van der Waals surface area contributed by atoms with E-state index in [4.69, 9.17) is 9.47 Å². The van der Waals surface area contributed by atoms with Crippen molar-refractivity contribution in [2.45, 2.75) is 40.0 Å². The SMILES string of the molecule is C=CC(=O)OCCCCC(=O)Oc1c2cc(-c3ccc(F)cc3C)sc2c(C)c2cc(-c3ccc(F)cc3C)sc12. The highest BCUT2D eigenvalue weighted by molar-refractivity contribution is 7.24. The van der Waals surface area contributed by atoms with Crippen molar-refractivity contribution in [3.8, 4) is 26.6 Å². The molecule has 0 aliphatic rings. The minimum atomic E-state index is -0.494. The van der Waals surface area contributed by atoms with E-state index in [1.807, 2.05) is 26.8 Å². The zero-order valence-corrected chi connectivity index (χ0v) is 24.6. The monoisotopic (exact) mass is 590 g/mol. The average molecular weight is 591 g/mol. The van der Waals surface area contributed by atoms with Crippen LogP contribution in [0.3, 0.4) is 0 Å². The number of hydrogen-bond acceptors (Lipinski definition) is 6. The first-order chi connectivity index (χ1) is 19.7. The predicted octanol–water partition coefficient (Wildman–Crippen LogP) is 9.46. The quantitative estimate of drug-likeness (QED) is 0.0743. The molecule has 5 rings (SSSR count). The van der Waals surface area contributed by atoms with E-state index in [0.717, 1.165) is 63.8 Å². The van der Waals surface area contributed by atoms with E-state index in [9.17, 15) is 18.4 Å². The topological polar surface area (TPSA) is 52.6 Å². The number of thiophene rings is 2. The number of ether oxygens (including phenoxy) is 2. The van der Waals surface area contributed by atoms with Crippen LogP contribution in [-0.2, 0) is 14.3 Å². The van der Waals surface area contributed by atoms with Crippen molar-refractivity contribution < 1.29 is 27.8 Å². The third kappa shape index (κ3) is 5.94. The first kappa shape index (κ1) is 28.6. The smallest absolute Gasteiger partial charge is 0.330 e. The number of benzene rings is 3. The number of carbonyl (C=O) groups excluding carboxylic acids is 2. The number of aryl methyl sites for hydroxylation is 3. The van der Waals surface area contributed by atoms with Crippen molar-refractivity contribution in [1.82, 2.24) is 0 Å². The molecule has 0 spiro atoms. The summed E-state index contributed by atoms with van der Waals surface area (Å²) < 4.78 is 40.5. The van der Waals surface area contributed by atoms with Gasteiger partial charge in [0.2, 0.25) is 0 Å². The van der Waals surface area contributed by atoms with Crippen LogP contribution in [0.4, 0.5) is 8.78 Å². The van der Waals surface area contributed by atoms with Crippen molar-refractivity contribution in [2.24, 2.45) is 0 Å². The Hall–Kier alpha value is -3.88. The van der Waals surface area contributed by atoms with E-state index in [1.165, 1.54) is 35.6 Å². The number of hydrogen-bond donors (Lipinski definition) is 0. The Balaban J connectivity index is 1.57. The van der Waals surface area contributed by atoms with Crippen LogP contribution in [0.25, 0.3) is 41.1 Å². The molecule has 210 valence electrons. The zero-order chi connectivity index (χ0) is 29.3. The van der Waals surface area contributed by atoms with Gasteiger partial charge in [-0.2, -0.15) is 0 Å². The van der Waals surface area contributed by atoms with Crippen LogP contribution in [0.15, 0.2) is 61.2 Å². The van der Waals surface area contributed by atoms with Gasteiger partial charge in [-0.25, -0.2) is 13.6 Å². The summed E-state index contributed by atoms with van der Waals surface area (Å²) in [4.78, 5) is 26.2. The second-order valence-electron chi connectivity index (χ2n) is 9.88. The maximum atomic E-state index is 13.8. The standard InChI is InChI=1S/C33H28F2O4S2/c1-5-29(36)38-13-7-6-8-30(37)39-31-26-17-28(24-12-10-22(35)15-19(24)3)40-32(26)20(4)25-16-27(41-33(25)31)23-11-9-21(34)14-18(23)2/h5,9-12,14-17H,1,6-8,13H2,2-4H3. The molecule has 2 heterocycles. The second kappa shape index (κ2) is 11.9. The first-order valence-corrected chi connectivity index (χ1v) is 14.8. The lowest BCUT2D eigenvalue weighted by Gasteiger charge is -2.09. The molecule has 0 N–H and O–H groups in total. The number of carbonyl (C=O) groups is 2. The first-order valence-electron chi connectivity index (χ1n) is 13.2. The van der Waals surface area contributed by atoms with Crippen molar-refractivity contribution in [2.75, 3.05) is 6.61 Å². The summed E-state index contributed by atoms with van der Waals surface area (Å²) in [5.41, 5.74) is 4.53.